The van der Waals surface area contributed by atoms with Gasteiger partial charge < -0.3 is 28.4 Å². The molecule has 0 unspecified atom stereocenters. The Bertz CT molecular complexity index is 1320. The maximum absolute atomic E-state index is 12.8. The quantitative estimate of drug-likeness (QED) is 0.147. The van der Waals surface area contributed by atoms with Gasteiger partial charge in [0.2, 0.25) is 5.75 Å². The van der Waals surface area contributed by atoms with E-state index in [9.17, 15) is 4.79 Å². The van der Waals surface area contributed by atoms with Crippen molar-refractivity contribution in [3.8, 4) is 34.5 Å². The highest BCUT2D eigenvalue weighted by atomic mass is 35.5. The van der Waals surface area contributed by atoms with Crippen LogP contribution in [-0.2, 0) is 6.42 Å². The molecule has 0 aromatic heterocycles. The molecule has 200 valence electrons. The van der Waals surface area contributed by atoms with Crippen molar-refractivity contribution < 1.29 is 33.2 Å². The van der Waals surface area contributed by atoms with E-state index in [4.69, 9.17) is 40.0 Å². The minimum Gasteiger partial charge on any atom is -0.495 e. The Morgan fingerprint density at radius 3 is 1.92 bits per heavy atom. The summed E-state index contributed by atoms with van der Waals surface area (Å²) in [6.07, 6.45) is 7.67. The third-order valence-electron chi connectivity index (χ3n) is 5.83. The van der Waals surface area contributed by atoms with Gasteiger partial charge in [-0.15, -0.1) is 0 Å². The molecule has 0 saturated heterocycles. The van der Waals surface area contributed by atoms with Crippen LogP contribution < -0.4 is 28.4 Å². The number of ketones is 1. The number of carbonyl (C=O) groups is 1. The van der Waals surface area contributed by atoms with Crippen LogP contribution in [0.2, 0.25) is 5.02 Å². The van der Waals surface area contributed by atoms with Crippen LogP contribution in [0.3, 0.4) is 0 Å². The zero-order valence-corrected chi connectivity index (χ0v) is 23.0. The van der Waals surface area contributed by atoms with Crippen LogP contribution in [0, 0.1) is 0 Å². The number of allylic oxidation sites excluding steroid dienone is 2. The molecule has 3 aromatic carbocycles. The van der Waals surface area contributed by atoms with E-state index < -0.39 is 0 Å². The molecule has 0 radical (unpaired) electrons. The Kier molecular flexibility index (Phi) is 10.1. The molecule has 0 atom stereocenters. The summed E-state index contributed by atoms with van der Waals surface area (Å²) in [6, 6.07) is 12.5. The van der Waals surface area contributed by atoms with Crippen molar-refractivity contribution in [1.29, 1.82) is 0 Å². The fourth-order valence-electron chi connectivity index (χ4n) is 3.86. The van der Waals surface area contributed by atoms with E-state index in [0.717, 1.165) is 16.7 Å². The van der Waals surface area contributed by atoms with Gasteiger partial charge in [-0.1, -0.05) is 29.8 Å². The monoisotopic (exact) mass is 538 g/mol. The Labute approximate surface area is 228 Å². The van der Waals surface area contributed by atoms with Gasteiger partial charge in [0.05, 0.1) is 47.7 Å². The van der Waals surface area contributed by atoms with E-state index in [1.54, 1.807) is 59.8 Å². The molecule has 0 spiro atoms. The standard InChI is InChI=1S/C30H31ClO7/c1-33-25-13-12-22(18-27(25)35-3)24(32)9-7-8-20-17-26(34-2)23(31)16-21(20)11-10-19-14-28(36-4)30(38-6)29(15-19)37-5/h7,9-18H,8H2,1-6H3/b9-7-,11-10-. The highest BCUT2D eigenvalue weighted by Crippen LogP contribution is 2.39. The summed E-state index contributed by atoms with van der Waals surface area (Å²) >= 11 is 6.43. The lowest BCUT2D eigenvalue weighted by molar-refractivity contribution is 0.104. The van der Waals surface area contributed by atoms with Crippen molar-refractivity contribution >= 4 is 29.5 Å². The fraction of sp³-hybridized carbons (Fsp3) is 0.233. The zero-order valence-electron chi connectivity index (χ0n) is 22.3. The number of hydrogen-bond donors (Lipinski definition) is 0. The first-order valence-electron chi connectivity index (χ1n) is 11.7. The van der Waals surface area contributed by atoms with Gasteiger partial charge >= 0.3 is 0 Å². The van der Waals surface area contributed by atoms with Crippen molar-refractivity contribution in [2.45, 2.75) is 6.42 Å². The molecule has 8 heteroatoms. The Morgan fingerprint density at radius 1 is 0.711 bits per heavy atom. The largest absolute Gasteiger partial charge is 0.495 e. The predicted octanol–water partition coefficient (Wildman–Crippen LogP) is 6.54. The zero-order chi connectivity index (χ0) is 27.7. The molecule has 0 aliphatic heterocycles. The van der Waals surface area contributed by atoms with Gasteiger partial charge in [-0.25, -0.2) is 0 Å². The fourth-order valence-corrected chi connectivity index (χ4v) is 4.11. The third-order valence-corrected chi connectivity index (χ3v) is 6.13. The number of ether oxygens (including phenoxy) is 6. The van der Waals surface area contributed by atoms with Crippen LogP contribution in [0.5, 0.6) is 34.5 Å². The number of methoxy groups -OCH3 is 6. The maximum Gasteiger partial charge on any atom is 0.203 e. The van der Waals surface area contributed by atoms with Crippen LogP contribution in [0.15, 0.2) is 54.6 Å². The average Bonchev–Trinajstić information content (AvgIpc) is 2.95. The molecule has 38 heavy (non-hydrogen) atoms. The first-order valence-corrected chi connectivity index (χ1v) is 12.0. The van der Waals surface area contributed by atoms with E-state index in [1.807, 2.05) is 36.4 Å². The molecular weight excluding hydrogens is 508 g/mol. The number of benzene rings is 3. The SMILES string of the molecule is COc1cc(C/C=C\C(=O)c2ccc(OC)c(OC)c2)c(/C=C\c2cc(OC)c(OC)c(OC)c2)cc1Cl. The van der Waals surface area contributed by atoms with Crippen molar-refractivity contribution in [1.82, 2.24) is 0 Å². The van der Waals surface area contributed by atoms with E-state index >= 15 is 0 Å². The summed E-state index contributed by atoms with van der Waals surface area (Å²) in [5.74, 6) is 3.07. The first-order chi connectivity index (χ1) is 18.4. The van der Waals surface area contributed by atoms with Gasteiger partial charge in [0, 0.05) is 5.56 Å². The first kappa shape index (κ1) is 28.5. The van der Waals surface area contributed by atoms with Crippen LogP contribution in [0.25, 0.3) is 12.2 Å². The van der Waals surface area contributed by atoms with Crippen LogP contribution in [0.1, 0.15) is 27.0 Å². The van der Waals surface area contributed by atoms with E-state index in [0.29, 0.717) is 51.5 Å². The lowest BCUT2D eigenvalue weighted by atomic mass is 10.0. The molecular formula is C30H31ClO7. The summed E-state index contributed by atoms with van der Waals surface area (Å²) in [7, 11) is 9.34. The molecule has 0 heterocycles. The summed E-state index contributed by atoms with van der Waals surface area (Å²) in [4.78, 5) is 12.8. The predicted molar refractivity (Wildman–Crippen MR) is 150 cm³/mol. The van der Waals surface area contributed by atoms with Crippen LogP contribution >= 0.6 is 11.6 Å². The van der Waals surface area contributed by atoms with Gasteiger partial charge in [0.25, 0.3) is 0 Å². The minimum atomic E-state index is -0.151. The smallest absolute Gasteiger partial charge is 0.203 e. The summed E-state index contributed by atoms with van der Waals surface area (Å²) in [6.45, 7) is 0. The van der Waals surface area contributed by atoms with Gasteiger partial charge in [-0.05, 0) is 71.7 Å². The number of hydrogen-bond acceptors (Lipinski definition) is 7. The molecule has 7 nitrogen and oxygen atoms in total. The molecule has 0 bridgehead atoms. The minimum absolute atomic E-state index is 0.151. The lowest BCUT2D eigenvalue weighted by Gasteiger charge is -2.13. The lowest BCUT2D eigenvalue weighted by Crippen LogP contribution is -1.98. The molecule has 3 rings (SSSR count). The molecule has 0 aliphatic carbocycles. The maximum atomic E-state index is 12.8. The number of rotatable bonds is 12. The van der Waals surface area contributed by atoms with Gasteiger partial charge in [0.1, 0.15) is 5.75 Å². The number of halogens is 1. The van der Waals surface area contributed by atoms with E-state index in [-0.39, 0.29) is 5.78 Å². The molecule has 0 amide bonds. The van der Waals surface area contributed by atoms with Crippen molar-refractivity contribution in [2.75, 3.05) is 42.7 Å². The Morgan fingerprint density at radius 2 is 1.34 bits per heavy atom. The highest BCUT2D eigenvalue weighted by Gasteiger charge is 2.13. The van der Waals surface area contributed by atoms with Crippen LogP contribution in [0.4, 0.5) is 0 Å². The summed E-state index contributed by atoms with van der Waals surface area (Å²) < 4.78 is 32.3. The van der Waals surface area contributed by atoms with E-state index in [2.05, 4.69) is 0 Å². The van der Waals surface area contributed by atoms with Crippen molar-refractivity contribution in [3.63, 3.8) is 0 Å². The number of carbonyl (C=O) groups excluding carboxylic acids is 1. The molecule has 0 saturated carbocycles. The molecule has 0 aliphatic rings. The molecule has 0 fully saturated rings. The summed E-state index contributed by atoms with van der Waals surface area (Å²) in [5.41, 5.74) is 3.13. The molecule has 3 aromatic rings. The summed E-state index contributed by atoms with van der Waals surface area (Å²) in [5, 5.41) is 0.478. The topological polar surface area (TPSA) is 72.5 Å². The van der Waals surface area contributed by atoms with Gasteiger partial charge in [-0.2, -0.15) is 0 Å². The van der Waals surface area contributed by atoms with Crippen molar-refractivity contribution in [3.05, 3.63) is 81.9 Å². The molecule has 0 N–H and O–H groups in total. The van der Waals surface area contributed by atoms with Gasteiger partial charge in [0.15, 0.2) is 28.8 Å². The van der Waals surface area contributed by atoms with Crippen LogP contribution in [-0.4, -0.2) is 48.4 Å². The average molecular weight is 539 g/mol. The Balaban J connectivity index is 1.89. The second kappa shape index (κ2) is 13.4. The van der Waals surface area contributed by atoms with Crippen molar-refractivity contribution in [2.24, 2.45) is 0 Å². The third kappa shape index (κ3) is 6.61. The second-order valence-electron chi connectivity index (χ2n) is 8.02. The second-order valence-corrected chi connectivity index (χ2v) is 8.43. The van der Waals surface area contributed by atoms with Gasteiger partial charge in [-0.3, -0.25) is 4.79 Å². The normalized spacial score (nSPS) is 11.0. The highest BCUT2D eigenvalue weighted by molar-refractivity contribution is 6.32. The Hall–Kier alpha value is -4.10. The van der Waals surface area contributed by atoms with E-state index in [1.165, 1.54) is 13.2 Å².